The molecule has 1 heterocycles. The number of carbonyl (C=O) groups is 2. The van der Waals surface area contributed by atoms with Gasteiger partial charge in [-0.3, -0.25) is 0 Å². The molecule has 18 heavy (non-hydrogen) atoms. The standard InChI is InChI=1S/C12H20N2O4/c15-11(16)10-5-4-9(18-10)7-14-12(17)13-6-8-2-1-3-8/h8-10H,1-7H2,(H,15,16)(H2,13,14,17). The zero-order chi connectivity index (χ0) is 13.0. The van der Waals surface area contributed by atoms with Crippen molar-refractivity contribution < 1.29 is 19.4 Å². The van der Waals surface area contributed by atoms with E-state index in [0.717, 1.165) is 6.54 Å². The molecule has 0 bridgehead atoms. The minimum atomic E-state index is -0.924. The largest absolute Gasteiger partial charge is 0.479 e. The van der Waals surface area contributed by atoms with Crippen molar-refractivity contribution >= 4 is 12.0 Å². The first-order valence-corrected chi connectivity index (χ1v) is 6.55. The Bertz CT molecular complexity index is 317. The smallest absolute Gasteiger partial charge is 0.332 e. The summed E-state index contributed by atoms with van der Waals surface area (Å²) in [4.78, 5) is 22.1. The van der Waals surface area contributed by atoms with E-state index in [2.05, 4.69) is 10.6 Å². The van der Waals surface area contributed by atoms with Crippen LogP contribution in [0.2, 0.25) is 0 Å². The number of aliphatic carboxylic acids is 1. The molecular formula is C12H20N2O4. The second-order valence-corrected chi connectivity index (χ2v) is 5.05. The van der Waals surface area contributed by atoms with Crippen LogP contribution in [0, 0.1) is 5.92 Å². The van der Waals surface area contributed by atoms with Gasteiger partial charge >= 0.3 is 12.0 Å². The Morgan fingerprint density at radius 2 is 1.83 bits per heavy atom. The van der Waals surface area contributed by atoms with Gasteiger partial charge in [0.1, 0.15) is 0 Å². The summed E-state index contributed by atoms with van der Waals surface area (Å²) in [5.74, 6) is -0.290. The van der Waals surface area contributed by atoms with Gasteiger partial charge in [0, 0.05) is 13.1 Å². The predicted molar refractivity (Wildman–Crippen MR) is 64.3 cm³/mol. The van der Waals surface area contributed by atoms with Crippen molar-refractivity contribution in [3.05, 3.63) is 0 Å². The van der Waals surface area contributed by atoms with Crippen LogP contribution in [0.4, 0.5) is 4.79 Å². The van der Waals surface area contributed by atoms with Crippen LogP contribution in [0.25, 0.3) is 0 Å². The highest BCUT2D eigenvalue weighted by molar-refractivity contribution is 5.74. The van der Waals surface area contributed by atoms with Crippen LogP contribution in [0.1, 0.15) is 32.1 Å². The molecule has 0 radical (unpaired) electrons. The predicted octanol–water partition coefficient (Wildman–Crippen LogP) is 0.718. The molecule has 3 N–H and O–H groups in total. The van der Waals surface area contributed by atoms with Crippen LogP contribution in [-0.2, 0) is 9.53 Å². The average Bonchev–Trinajstić information content (AvgIpc) is 2.73. The molecule has 0 spiro atoms. The van der Waals surface area contributed by atoms with Crippen LogP contribution >= 0.6 is 0 Å². The van der Waals surface area contributed by atoms with Crippen LogP contribution < -0.4 is 10.6 Å². The fraction of sp³-hybridized carbons (Fsp3) is 0.833. The highest BCUT2D eigenvalue weighted by Gasteiger charge is 2.30. The molecular weight excluding hydrogens is 236 g/mol. The molecule has 0 aromatic carbocycles. The highest BCUT2D eigenvalue weighted by Crippen LogP contribution is 2.25. The number of carboxylic acids is 1. The lowest BCUT2D eigenvalue weighted by molar-refractivity contribution is -0.149. The number of hydrogen-bond acceptors (Lipinski definition) is 3. The van der Waals surface area contributed by atoms with Crippen molar-refractivity contribution in [1.82, 2.24) is 10.6 Å². The Balaban J connectivity index is 1.56. The maximum atomic E-state index is 11.5. The minimum Gasteiger partial charge on any atom is -0.479 e. The van der Waals surface area contributed by atoms with Crippen LogP contribution in [0.5, 0.6) is 0 Å². The molecule has 102 valence electrons. The first-order valence-electron chi connectivity index (χ1n) is 6.55. The zero-order valence-electron chi connectivity index (χ0n) is 10.4. The molecule has 1 aliphatic heterocycles. The first kappa shape index (κ1) is 13.1. The van der Waals surface area contributed by atoms with Gasteiger partial charge in [0.05, 0.1) is 6.10 Å². The molecule has 1 saturated carbocycles. The normalized spacial score (nSPS) is 27.6. The third kappa shape index (κ3) is 3.60. The molecule has 1 aliphatic carbocycles. The van der Waals surface area contributed by atoms with E-state index >= 15 is 0 Å². The van der Waals surface area contributed by atoms with E-state index in [1.54, 1.807) is 0 Å². The maximum Gasteiger partial charge on any atom is 0.332 e. The van der Waals surface area contributed by atoms with Crippen molar-refractivity contribution in [3.8, 4) is 0 Å². The number of carbonyl (C=O) groups excluding carboxylic acids is 1. The Morgan fingerprint density at radius 1 is 1.11 bits per heavy atom. The van der Waals surface area contributed by atoms with Gasteiger partial charge in [0.2, 0.25) is 0 Å². The van der Waals surface area contributed by atoms with Crippen LogP contribution in [0.3, 0.4) is 0 Å². The number of urea groups is 1. The third-order valence-electron chi connectivity index (χ3n) is 3.65. The maximum absolute atomic E-state index is 11.5. The summed E-state index contributed by atoms with van der Waals surface area (Å²) in [6, 6.07) is -0.190. The number of amides is 2. The lowest BCUT2D eigenvalue weighted by Crippen LogP contribution is -2.42. The van der Waals surface area contributed by atoms with E-state index in [0.29, 0.717) is 25.3 Å². The van der Waals surface area contributed by atoms with E-state index in [-0.39, 0.29) is 12.1 Å². The molecule has 2 aliphatic rings. The van der Waals surface area contributed by atoms with Crippen molar-refractivity contribution in [2.45, 2.75) is 44.3 Å². The second kappa shape index (κ2) is 6.04. The molecule has 0 aromatic heterocycles. The van der Waals surface area contributed by atoms with Crippen LogP contribution in [-0.4, -0.2) is 42.4 Å². The number of ether oxygens (including phenoxy) is 1. The van der Waals surface area contributed by atoms with Gasteiger partial charge in [0.15, 0.2) is 6.10 Å². The summed E-state index contributed by atoms with van der Waals surface area (Å²) in [6.45, 7) is 1.11. The molecule has 2 amide bonds. The Morgan fingerprint density at radius 3 is 2.39 bits per heavy atom. The van der Waals surface area contributed by atoms with E-state index in [1.807, 2.05) is 0 Å². The molecule has 6 heteroatoms. The summed E-state index contributed by atoms with van der Waals surface area (Å²) in [6.07, 6.45) is 3.97. The van der Waals surface area contributed by atoms with E-state index in [1.165, 1.54) is 19.3 Å². The van der Waals surface area contributed by atoms with Crippen molar-refractivity contribution in [2.75, 3.05) is 13.1 Å². The average molecular weight is 256 g/mol. The molecule has 2 unspecified atom stereocenters. The van der Waals surface area contributed by atoms with Crippen LogP contribution in [0.15, 0.2) is 0 Å². The zero-order valence-corrected chi connectivity index (χ0v) is 10.4. The quantitative estimate of drug-likeness (QED) is 0.676. The van der Waals surface area contributed by atoms with Gasteiger partial charge in [-0.2, -0.15) is 0 Å². The Kier molecular flexibility index (Phi) is 4.41. The number of hydrogen-bond donors (Lipinski definition) is 3. The van der Waals surface area contributed by atoms with Gasteiger partial charge in [-0.15, -0.1) is 0 Å². The van der Waals surface area contributed by atoms with Gasteiger partial charge in [0.25, 0.3) is 0 Å². The lowest BCUT2D eigenvalue weighted by atomic mass is 9.85. The highest BCUT2D eigenvalue weighted by atomic mass is 16.5. The van der Waals surface area contributed by atoms with Crippen molar-refractivity contribution in [3.63, 3.8) is 0 Å². The first-order chi connectivity index (χ1) is 8.65. The number of nitrogens with one attached hydrogen (secondary N) is 2. The van der Waals surface area contributed by atoms with Crippen molar-refractivity contribution in [1.29, 1.82) is 0 Å². The summed E-state index contributed by atoms with van der Waals surface area (Å²) < 4.78 is 5.29. The summed E-state index contributed by atoms with van der Waals surface area (Å²) in [5.41, 5.74) is 0. The third-order valence-corrected chi connectivity index (χ3v) is 3.65. The molecule has 2 fully saturated rings. The van der Waals surface area contributed by atoms with E-state index in [4.69, 9.17) is 9.84 Å². The summed E-state index contributed by atoms with van der Waals surface area (Å²) >= 11 is 0. The van der Waals surface area contributed by atoms with E-state index < -0.39 is 12.1 Å². The molecule has 1 saturated heterocycles. The molecule has 2 rings (SSSR count). The second-order valence-electron chi connectivity index (χ2n) is 5.05. The fourth-order valence-electron chi connectivity index (χ4n) is 2.24. The van der Waals surface area contributed by atoms with Crippen molar-refractivity contribution in [2.24, 2.45) is 5.92 Å². The number of rotatable bonds is 5. The van der Waals surface area contributed by atoms with Gasteiger partial charge in [-0.25, -0.2) is 9.59 Å². The van der Waals surface area contributed by atoms with E-state index in [9.17, 15) is 9.59 Å². The monoisotopic (exact) mass is 256 g/mol. The Labute approximate surface area is 106 Å². The summed E-state index contributed by atoms with van der Waals surface area (Å²) in [5, 5.41) is 14.3. The van der Waals surface area contributed by atoms with Gasteiger partial charge in [-0.1, -0.05) is 6.42 Å². The summed E-state index contributed by atoms with van der Waals surface area (Å²) in [7, 11) is 0. The van der Waals surface area contributed by atoms with Gasteiger partial charge < -0.3 is 20.5 Å². The van der Waals surface area contributed by atoms with Gasteiger partial charge in [-0.05, 0) is 31.6 Å². The Hall–Kier alpha value is -1.30. The fourth-order valence-corrected chi connectivity index (χ4v) is 2.24. The molecule has 0 aromatic rings. The molecule has 6 nitrogen and oxygen atoms in total. The SMILES string of the molecule is O=C(NCC1CCC1)NCC1CCC(C(=O)O)O1. The molecule has 2 atom stereocenters. The number of carboxylic acid groups (broad SMARTS) is 1. The lowest BCUT2D eigenvalue weighted by Gasteiger charge is -2.25. The topological polar surface area (TPSA) is 87.7 Å². The minimum absolute atomic E-state index is 0.180.